The van der Waals surface area contributed by atoms with Crippen molar-refractivity contribution in [3.05, 3.63) is 72.1 Å². The summed E-state index contributed by atoms with van der Waals surface area (Å²) in [5.74, 6) is 0.223. The second kappa shape index (κ2) is 8.41. The lowest BCUT2D eigenvalue weighted by Gasteiger charge is -2.28. The van der Waals surface area contributed by atoms with Gasteiger partial charge in [0, 0.05) is 18.8 Å². The van der Waals surface area contributed by atoms with E-state index in [-0.39, 0.29) is 11.7 Å². The summed E-state index contributed by atoms with van der Waals surface area (Å²) in [4.78, 5) is 28.1. The first-order valence-corrected chi connectivity index (χ1v) is 11.5. The number of nitrogens with one attached hydrogen (secondary N) is 1. The van der Waals surface area contributed by atoms with Gasteiger partial charge in [-0.3, -0.25) is 4.79 Å². The van der Waals surface area contributed by atoms with Gasteiger partial charge in [0.05, 0.1) is 5.75 Å². The molecule has 6 nitrogen and oxygen atoms in total. The highest BCUT2D eigenvalue weighted by atomic mass is 32.2. The van der Waals surface area contributed by atoms with Crippen molar-refractivity contribution in [3.63, 3.8) is 0 Å². The SMILES string of the molecule is O=C(CSc1ncnc2nc(N3CCc4ccccc4C3)sc12)Nc1ccccc1. The number of anilines is 2. The third kappa shape index (κ3) is 4.01. The molecule has 0 bridgehead atoms. The highest BCUT2D eigenvalue weighted by Gasteiger charge is 2.21. The Bertz CT molecular complexity index is 1190. The molecule has 1 aliphatic heterocycles. The number of fused-ring (bicyclic) bond motifs is 2. The minimum atomic E-state index is -0.0599. The van der Waals surface area contributed by atoms with E-state index in [1.54, 1.807) is 11.3 Å². The molecular formula is C22H19N5OS2. The number of hydrogen-bond donors (Lipinski definition) is 1. The molecular weight excluding hydrogens is 414 g/mol. The van der Waals surface area contributed by atoms with Crippen molar-refractivity contribution in [3.8, 4) is 0 Å². The lowest BCUT2D eigenvalue weighted by atomic mass is 10.0. The summed E-state index contributed by atoms with van der Waals surface area (Å²) in [7, 11) is 0. The minimum absolute atomic E-state index is 0.0599. The van der Waals surface area contributed by atoms with Gasteiger partial charge in [-0.2, -0.15) is 4.98 Å². The van der Waals surface area contributed by atoms with Gasteiger partial charge in [0.2, 0.25) is 5.91 Å². The zero-order chi connectivity index (χ0) is 20.3. The molecule has 0 spiro atoms. The molecule has 0 radical (unpaired) electrons. The molecule has 5 rings (SSSR count). The number of aromatic nitrogens is 3. The van der Waals surface area contributed by atoms with Crippen LogP contribution in [0, 0.1) is 0 Å². The molecule has 2 aromatic carbocycles. The van der Waals surface area contributed by atoms with E-state index in [1.807, 2.05) is 30.3 Å². The second-order valence-electron chi connectivity index (χ2n) is 6.97. The number of para-hydroxylation sites is 1. The maximum Gasteiger partial charge on any atom is 0.234 e. The molecule has 3 heterocycles. The van der Waals surface area contributed by atoms with E-state index >= 15 is 0 Å². The fourth-order valence-electron chi connectivity index (χ4n) is 3.47. The number of carbonyl (C=O) groups is 1. The summed E-state index contributed by atoms with van der Waals surface area (Å²) in [6, 6.07) is 18.0. The van der Waals surface area contributed by atoms with Crippen molar-refractivity contribution >= 4 is 50.2 Å². The zero-order valence-corrected chi connectivity index (χ0v) is 17.7. The molecule has 0 aliphatic carbocycles. The van der Waals surface area contributed by atoms with E-state index < -0.39 is 0 Å². The van der Waals surface area contributed by atoms with Crippen molar-refractivity contribution in [1.29, 1.82) is 0 Å². The van der Waals surface area contributed by atoms with Gasteiger partial charge in [0.25, 0.3) is 0 Å². The molecule has 0 unspecified atom stereocenters. The zero-order valence-electron chi connectivity index (χ0n) is 16.1. The fourth-order valence-corrected chi connectivity index (χ4v) is 5.39. The molecule has 1 N–H and O–H groups in total. The summed E-state index contributed by atoms with van der Waals surface area (Å²) in [6.45, 7) is 1.79. The Hall–Kier alpha value is -2.97. The first-order chi connectivity index (χ1) is 14.8. The number of hydrogen-bond acceptors (Lipinski definition) is 7. The Kier molecular flexibility index (Phi) is 5.33. The Balaban J connectivity index is 1.31. The monoisotopic (exact) mass is 433 g/mol. The summed E-state index contributed by atoms with van der Waals surface area (Å²) < 4.78 is 0.934. The molecule has 30 heavy (non-hydrogen) atoms. The average Bonchev–Trinajstić information content (AvgIpc) is 3.23. The van der Waals surface area contributed by atoms with E-state index in [1.165, 1.54) is 29.2 Å². The summed E-state index contributed by atoms with van der Waals surface area (Å²) >= 11 is 3.01. The Morgan fingerprint density at radius 2 is 1.87 bits per heavy atom. The van der Waals surface area contributed by atoms with Gasteiger partial charge in [-0.05, 0) is 29.7 Å². The van der Waals surface area contributed by atoms with E-state index in [2.05, 4.69) is 44.5 Å². The van der Waals surface area contributed by atoms with Gasteiger partial charge < -0.3 is 10.2 Å². The smallest absolute Gasteiger partial charge is 0.234 e. The highest BCUT2D eigenvalue weighted by Crippen LogP contribution is 2.35. The number of nitrogens with zero attached hydrogens (tertiary/aromatic N) is 4. The topological polar surface area (TPSA) is 71.0 Å². The summed E-state index contributed by atoms with van der Waals surface area (Å²) in [6.07, 6.45) is 2.54. The molecule has 0 fully saturated rings. The molecule has 0 saturated carbocycles. The van der Waals surface area contributed by atoms with Gasteiger partial charge in [-0.25, -0.2) is 9.97 Å². The Morgan fingerprint density at radius 3 is 2.73 bits per heavy atom. The van der Waals surface area contributed by atoms with Crippen LogP contribution in [0.1, 0.15) is 11.1 Å². The maximum atomic E-state index is 12.3. The lowest BCUT2D eigenvalue weighted by Crippen LogP contribution is -2.30. The molecule has 1 aliphatic rings. The molecule has 2 aromatic heterocycles. The number of thioether (sulfide) groups is 1. The van der Waals surface area contributed by atoms with Crippen molar-refractivity contribution in [2.75, 3.05) is 22.5 Å². The van der Waals surface area contributed by atoms with Crippen LogP contribution in [0.5, 0.6) is 0 Å². The predicted molar refractivity (Wildman–Crippen MR) is 122 cm³/mol. The fraction of sp³-hybridized carbons (Fsp3) is 0.182. The van der Waals surface area contributed by atoms with Crippen molar-refractivity contribution < 1.29 is 4.79 Å². The van der Waals surface area contributed by atoms with Crippen LogP contribution in [-0.4, -0.2) is 33.2 Å². The molecule has 1 amide bonds. The number of amides is 1. The van der Waals surface area contributed by atoms with Crippen LogP contribution in [0.25, 0.3) is 10.3 Å². The minimum Gasteiger partial charge on any atom is -0.343 e. The van der Waals surface area contributed by atoms with E-state index in [0.29, 0.717) is 5.65 Å². The van der Waals surface area contributed by atoms with Gasteiger partial charge >= 0.3 is 0 Å². The van der Waals surface area contributed by atoms with Gasteiger partial charge in [0.1, 0.15) is 16.1 Å². The Morgan fingerprint density at radius 1 is 1.07 bits per heavy atom. The standard InChI is InChI=1S/C22H19N5OS2/c28-18(25-17-8-2-1-3-9-17)13-29-21-19-20(23-14-24-21)26-22(30-19)27-11-10-15-6-4-5-7-16(15)12-27/h1-9,14H,10-13H2,(H,25,28). The molecule has 8 heteroatoms. The largest absolute Gasteiger partial charge is 0.343 e. The van der Waals surface area contributed by atoms with E-state index in [9.17, 15) is 4.79 Å². The molecule has 150 valence electrons. The number of carbonyl (C=O) groups excluding carboxylic acids is 1. The van der Waals surface area contributed by atoms with Gasteiger partial charge in [-0.15, -0.1) is 0 Å². The van der Waals surface area contributed by atoms with Gasteiger partial charge in [0.15, 0.2) is 10.8 Å². The van der Waals surface area contributed by atoms with Gasteiger partial charge in [-0.1, -0.05) is 65.6 Å². The van der Waals surface area contributed by atoms with E-state index in [0.717, 1.165) is 40.1 Å². The molecule has 0 saturated heterocycles. The van der Waals surface area contributed by atoms with Crippen molar-refractivity contribution in [1.82, 2.24) is 15.0 Å². The second-order valence-corrected chi connectivity index (χ2v) is 8.91. The Labute approximate surface area is 182 Å². The third-order valence-electron chi connectivity index (χ3n) is 4.95. The summed E-state index contributed by atoms with van der Waals surface area (Å²) in [5, 5.41) is 4.65. The van der Waals surface area contributed by atoms with Crippen LogP contribution in [0.4, 0.5) is 10.8 Å². The van der Waals surface area contributed by atoms with Crippen LogP contribution in [0.3, 0.4) is 0 Å². The quantitative estimate of drug-likeness (QED) is 0.372. The normalized spacial score (nSPS) is 13.3. The third-order valence-corrected chi connectivity index (χ3v) is 7.18. The highest BCUT2D eigenvalue weighted by molar-refractivity contribution is 8.00. The predicted octanol–water partition coefficient (Wildman–Crippen LogP) is 4.38. The molecule has 4 aromatic rings. The first-order valence-electron chi connectivity index (χ1n) is 9.67. The van der Waals surface area contributed by atoms with Crippen LogP contribution < -0.4 is 10.2 Å². The lowest BCUT2D eigenvalue weighted by molar-refractivity contribution is -0.113. The van der Waals surface area contributed by atoms with Crippen molar-refractivity contribution in [2.24, 2.45) is 0 Å². The van der Waals surface area contributed by atoms with Crippen LogP contribution >= 0.6 is 23.1 Å². The number of rotatable bonds is 5. The summed E-state index contributed by atoms with van der Waals surface area (Å²) in [5.41, 5.74) is 4.24. The number of benzene rings is 2. The van der Waals surface area contributed by atoms with Crippen LogP contribution in [-0.2, 0) is 17.8 Å². The average molecular weight is 434 g/mol. The molecule has 0 atom stereocenters. The van der Waals surface area contributed by atoms with Crippen LogP contribution in [0.15, 0.2) is 66.0 Å². The van der Waals surface area contributed by atoms with E-state index in [4.69, 9.17) is 4.98 Å². The first kappa shape index (κ1) is 19.0. The van der Waals surface area contributed by atoms with Crippen molar-refractivity contribution in [2.45, 2.75) is 18.0 Å². The van der Waals surface area contributed by atoms with Crippen LogP contribution in [0.2, 0.25) is 0 Å². The number of thiazole rings is 1. The maximum absolute atomic E-state index is 12.3.